The fourth-order valence-corrected chi connectivity index (χ4v) is 0.743. The van der Waals surface area contributed by atoms with Crippen LogP contribution in [0.3, 0.4) is 0 Å². The van der Waals surface area contributed by atoms with Gasteiger partial charge in [0.05, 0.1) is 5.71 Å². The van der Waals surface area contributed by atoms with Crippen LogP contribution in [0.5, 0.6) is 0 Å². The van der Waals surface area contributed by atoms with E-state index in [1.807, 2.05) is 14.1 Å². The van der Waals surface area contributed by atoms with Crippen molar-refractivity contribution in [2.24, 2.45) is 5.16 Å². The summed E-state index contributed by atoms with van der Waals surface area (Å²) in [6.07, 6.45) is 3.63. The lowest BCUT2D eigenvalue weighted by atomic mass is 10.2. The smallest absolute Gasteiger partial charge is 0.116 e. The molecule has 0 aromatic carbocycles. The molecule has 0 aliphatic rings. The van der Waals surface area contributed by atoms with Gasteiger partial charge in [-0.2, -0.15) is 0 Å². The van der Waals surface area contributed by atoms with Gasteiger partial charge in [0.25, 0.3) is 0 Å². The van der Waals surface area contributed by atoms with Gasteiger partial charge >= 0.3 is 0 Å². The van der Waals surface area contributed by atoms with Gasteiger partial charge in [0.1, 0.15) is 6.61 Å². The van der Waals surface area contributed by atoms with Gasteiger partial charge in [-0.15, -0.1) is 0 Å². The summed E-state index contributed by atoms with van der Waals surface area (Å²) in [5.41, 5.74) is 0.919. The first-order chi connectivity index (χ1) is 6.20. The minimum absolute atomic E-state index is 0.680. The molecule has 0 bridgehead atoms. The van der Waals surface area contributed by atoms with Gasteiger partial charge in [-0.25, -0.2) is 0 Å². The minimum Gasteiger partial charge on any atom is -0.396 e. The van der Waals surface area contributed by atoms with E-state index in [0.29, 0.717) is 6.61 Å². The molecule has 0 aromatic rings. The number of oxime groups is 1. The summed E-state index contributed by atoms with van der Waals surface area (Å²) in [6, 6.07) is 0. The van der Waals surface area contributed by atoms with Crippen LogP contribution in [-0.4, -0.2) is 37.9 Å². The molecule has 0 N–H and O–H groups in total. The maximum Gasteiger partial charge on any atom is 0.116 e. The van der Waals surface area contributed by atoms with E-state index < -0.39 is 0 Å². The molecule has 0 saturated heterocycles. The molecule has 0 aliphatic heterocycles. The Labute approximate surface area is 81.1 Å². The molecule has 0 aromatic heterocycles. The third kappa shape index (κ3) is 7.53. The summed E-state index contributed by atoms with van der Waals surface area (Å²) in [5, 5.41) is 3.98. The molecular formula is C10H20N2O. The zero-order chi connectivity index (χ0) is 10.1. The van der Waals surface area contributed by atoms with Gasteiger partial charge < -0.3 is 9.74 Å². The number of rotatable bonds is 7. The quantitative estimate of drug-likeness (QED) is 0.343. The van der Waals surface area contributed by atoms with E-state index in [-0.39, 0.29) is 0 Å². The second-order valence-electron chi connectivity index (χ2n) is 3.17. The lowest BCUT2D eigenvalue weighted by Gasteiger charge is -2.08. The van der Waals surface area contributed by atoms with E-state index in [4.69, 9.17) is 4.84 Å². The van der Waals surface area contributed by atoms with Crippen LogP contribution in [0.25, 0.3) is 0 Å². The van der Waals surface area contributed by atoms with Gasteiger partial charge in [0.15, 0.2) is 0 Å². The third-order valence-corrected chi connectivity index (χ3v) is 1.53. The van der Waals surface area contributed by atoms with Gasteiger partial charge in [-0.3, -0.25) is 0 Å². The zero-order valence-electron chi connectivity index (χ0n) is 8.92. The summed E-state index contributed by atoms with van der Waals surface area (Å²) in [7, 11) is 4.07. The molecule has 0 radical (unpaired) electrons. The van der Waals surface area contributed by atoms with Crippen molar-refractivity contribution in [2.75, 3.05) is 27.2 Å². The van der Waals surface area contributed by atoms with Crippen molar-refractivity contribution in [1.29, 1.82) is 0 Å². The van der Waals surface area contributed by atoms with Gasteiger partial charge in [-0.05, 0) is 26.6 Å². The summed E-state index contributed by atoms with van der Waals surface area (Å²) in [6.45, 7) is 7.40. The van der Waals surface area contributed by atoms with Crippen molar-refractivity contribution in [3.63, 3.8) is 0 Å². The van der Waals surface area contributed by atoms with Crippen molar-refractivity contribution in [2.45, 2.75) is 19.8 Å². The van der Waals surface area contributed by atoms with Gasteiger partial charge in [0, 0.05) is 13.0 Å². The Balaban J connectivity index is 3.73. The normalized spacial score (nSPS) is 11.8. The third-order valence-electron chi connectivity index (χ3n) is 1.53. The van der Waals surface area contributed by atoms with Crippen LogP contribution in [0, 0.1) is 0 Å². The van der Waals surface area contributed by atoms with E-state index in [9.17, 15) is 0 Å². The predicted molar refractivity (Wildman–Crippen MR) is 57.0 cm³/mol. The van der Waals surface area contributed by atoms with E-state index in [2.05, 4.69) is 23.6 Å². The average Bonchev–Trinajstić information content (AvgIpc) is 2.10. The van der Waals surface area contributed by atoms with Crippen LogP contribution in [-0.2, 0) is 4.84 Å². The first kappa shape index (κ1) is 12.2. The van der Waals surface area contributed by atoms with E-state index in [0.717, 1.165) is 25.1 Å². The van der Waals surface area contributed by atoms with Crippen molar-refractivity contribution in [1.82, 2.24) is 4.90 Å². The summed E-state index contributed by atoms with van der Waals surface area (Å²) in [5.74, 6) is 0. The van der Waals surface area contributed by atoms with Crippen LogP contribution in [0.4, 0.5) is 0 Å². The molecule has 0 spiro atoms. The van der Waals surface area contributed by atoms with Gasteiger partial charge in [-0.1, -0.05) is 18.7 Å². The number of allylic oxidation sites excluding steroid dienone is 1. The second kappa shape index (κ2) is 7.80. The highest BCUT2D eigenvalue weighted by atomic mass is 16.6. The van der Waals surface area contributed by atoms with Crippen LogP contribution >= 0.6 is 0 Å². The Morgan fingerprint density at radius 1 is 1.54 bits per heavy atom. The van der Waals surface area contributed by atoms with Gasteiger partial charge in [0.2, 0.25) is 0 Å². The van der Waals surface area contributed by atoms with Crippen LogP contribution in [0.1, 0.15) is 19.8 Å². The highest BCUT2D eigenvalue weighted by Gasteiger charge is 1.96. The van der Waals surface area contributed by atoms with Crippen LogP contribution < -0.4 is 0 Å². The zero-order valence-corrected chi connectivity index (χ0v) is 8.92. The minimum atomic E-state index is 0.680. The Bertz CT molecular complexity index is 164. The fraction of sp³-hybridized carbons (Fsp3) is 0.700. The summed E-state index contributed by atoms with van der Waals surface area (Å²) in [4.78, 5) is 7.18. The first-order valence-corrected chi connectivity index (χ1v) is 4.66. The maximum absolute atomic E-state index is 5.07. The predicted octanol–water partition coefficient (Wildman–Crippen LogP) is 1.91. The summed E-state index contributed by atoms with van der Waals surface area (Å²) >= 11 is 0. The molecular weight excluding hydrogens is 164 g/mol. The van der Waals surface area contributed by atoms with Crippen molar-refractivity contribution in [3.8, 4) is 0 Å². The van der Waals surface area contributed by atoms with E-state index in [1.54, 1.807) is 6.08 Å². The Hall–Kier alpha value is -0.830. The Kier molecular flexibility index (Phi) is 7.30. The molecule has 0 amide bonds. The second-order valence-corrected chi connectivity index (χ2v) is 3.17. The maximum atomic E-state index is 5.07. The molecule has 13 heavy (non-hydrogen) atoms. The molecule has 3 nitrogen and oxygen atoms in total. The number of nitrogens with zero attached hydrogens (tertiary/aromatic N) is 2. The Morgan fingerprint density at radius 3 is 2.69 bits per heavy atom. The number of hydrogen-bond acceptors (Lipinski definition) is 3. The SMILES string of the molecule is C=C/C(CCN(C)C)=N/OCCC. The molecule has 0 rings (SSSR count). The molecule has 3 heteroatoms. The number of hydrogen-bond donors (Lipinski definition) is 0. The molecule has 0 fully saturated rings. The van der Waals surface area contributed by atoms with Crippen molar-refractivity contribution in [3.05, 3.63) is 12.7 Å². The monoisotopic (exact) mass is 184 g/mol. The fourth-order valence-electron chi connectivity index (χ4n) is 0.743. The van der Waals surface area contributed by atoms with Crippen LogP contribution in [0.2, 0.25) is 0 Å². The highest BCUT2D eigenvalue weighted by Crippen LogP contribution is 1.93. The lowest BCUT2D eigenvalue weighted by Crippen LogP contribution is -2.16. The average molecular weight is 184 g/mol. The lowest BCUT2D eigenvalue weighted by molar-refractivity contribution is 0.144. The molecule has 0 heterocycles. The van der Waals surface area contributed by atoms with E-state index in [1.165, 1.54) is 0 Å². The van der Waals surface area contributed by atoms with Crippen LogP contribution in [0.15, 0.2) is 17.8 Å². The standard InChI is InChI=1S/C10H20N2O/c1-5-9-13-11-10(6-2)7-8-12(3)4/h6H,2,5,7-9H2,1,3-4H3/b11-10-. The summed E-state index contributed by atoms with van der Waals surface area (Å²) < 4.78 is 0. The Morgan fingerprint density at radius 2 is 2.23 bits per heavy atom. The van der Waals surface area contributed by atoms with E-state index >= 15 is 0 Å². The molecule has 0 saturated carbocycles. The topological polar surface area (TPSA) is 24.8 Å². The highest BCUT2D eigenvalue weighted by molar-refractivity contribution is 5.94. The first-order valence-electron chi connectivity index (χ1n) is 4.66. The van der Waals surface area contributed by atoms with Crippen molar-refractivity contribution < 1.29 is 4.84 Å². The molecule has 0 atom stereocenters. The molecule has 76 valence electrons. The molecule has 0 aliphatic carbocycles. The largest absolute Gasteiger partial charge is 0.396 e. The van der Waals surface area contributed by atoms with Crippen molar-refractivity contribution >= 4 is 5.71 Å². The molecule has 0 unspecified atom stereocenters.